The SMILES string of the molecule is COC(C)(c1ccccc1)c1ccccn1. The molecule has 0 fully saturated rings. The maximum absolute atomic E-state index is 5.65. The summed E-state index contributed by atoms with van der Waals surface area (Å²) in [5, 5.41) is 0. The standard InChI is InChI=1S/C14H15NO/c1-14(16-2,12-8-4-3-5-9-12)13-10-6-7-11-15-13/h3-11H,1-2H3. The Morgan fingerprint density at radius 2 is 1.69 bits per heavy atom. The van der Waals surface area contributed by atoms with Gasteiger partial charge in [-0.2, -0.15) is 0 Å². The first-order chi connectivity index (χ1) is 7.77. The van der Waals surface area contributed by atoms with Crippen LogP contribution < -0.4 is 0 Å². The molecule has 1 unspecified atom stereocenters. The van der Waals surface area contributed by atoms with Gasteiger partial charge in [0.25, 0.3) is 0 Å². The molecule has 0 N–H and O–H groups in total. The van der Waals surface area contributed by atoms with Gasteiger partial charge in [-0.15, -0.1) is 0 Å². The Morgan fingerprint density at radius 1 is 1.00 bits per heavy atom. The second-order valence-electron chi connectivity index (χ2n) is 3.82. The molecule has 1 atom stereocenters. The van der Waals surface area contributed by atoms with Crippen LogP contribution in [0.2, 0.25) is 0 Å². The maximum atomic E-state index is 5.65. The van der Waals surface area contributed by atoms with Gasteiger partial charge in [-0.1, -0.05) is 36.4 Å². The fourth-order valence-electron chi connectivity index (χ4n) is 1.77. The van der Waals surface area contributed by atoms with Crippen molar-refractivity contribution < 1.29 is 4.74 Å². The number of rotatable bonds is 3. The second kappa shape index (κ2) is 4.45. The zero-order valence-corrected chi connectivity index (χ0v) is 9.55. The first-order valence-electron chi connectivity index (χ1n) is 5.29. The van der Waals surface area contributed by atoms with Gasteiger partial charge in [0.1, 0.15) is 5.60 Å². The molecule has 0 amide bonds. The number of hydrogen-bond acceptors (Lipinski definition) is 2. The summed E-state index contributed by atoms with van der Waals surface area (Å²) < 4.78 is 5.65. The van der Waals surface area contributed by atoms with Gasteiger partial charge >= 0.3 is 0 Å². The normalized spacial score (nSPS) is 14.4. The maximum Gasteiger partial charge on any atom is 0.132 e. The number of hydrogen-bond donors (Lipinski definition) is 0. The Labute approximate surface area is 95.9 Å². The van der Waals surface area contributed by atoms with Crippen LogP contribution in [0, 0.1) is 0 Å². The van der Waals surface area contributed by atoms with E-state index in [9.17, 15) is 0 Å². The quantitative estimate of drug-likeness (QED) is 0.782. The molecule has 0 saturated carbocycles. The van der Waals surface area contributed by atoms with E-state index >= 15 is 0 Å². The summed E-state index contributed by atoms with van der Waals surface area (Å²) in [5.74, 6) is 0. The zero-order chi connectivity index (χ0) is 11.4. The average molecular weight is 213 g/mol. The highest BCUT2D eigenvalue weighted by Crippen LogP contribution is 2.30. The van der Waals surface area contributed by atoms with Crippen LogP contribution in [0.15, 0.2) is 54.7 Å². The largest absolute Gasteiger partial charge is 0.367 e. The van der Waals surface area contributed by atoms with E-state index in [1.165, 1.54) is 0 Å². The molecular weight excluding hydrogens is 198 g/mol. The molecule has 1 heterocycles. The monoisotopic (exact) mass is 213 g/mol. The van der Waals surface area contributed by atoms with Crippen molar-refractivity contribution in [2.75, 3.05) is 7.11 Å². The summed E-state index contributed by atoms with van der Waals surface area (Å²) in [7, 11) is 1.71. The molecule has 0 aliphatic carbocycles. The molecule has 2 aromatic rings. The van der Waals surface area contributed by atoms with Crippen molar-refractivity contribution in [3.05, 3.63) is 66.0 Å². The highest BCUT2D eigenvalue weighted by Gasteiger charge is 2.29. The van der Waals surface area contributed by atoms with Crippen molar-refractivity contribution in [3.63, 3.8) is 0 Å². The van der Waals surface area contributed by atoms with Gasteiger partial charge in [0.05, 0.1) is 5.69 Å². The molecule has 2 heteroatoms. The van der Waals surface area contributed by atoms with Gasteiger partial charge in [0, 0.05) is 13.3 Å². The van der Waals surface area contributed by atoms with Gasteiger partial charge in [-0.3, -0.25) is 4.98 Å². The van der Waals surface area contributed by atoms with E-state index < -0.39 is 5.60 Å². The third kappa shape index (κ3) is 1.84. The van der Waals surface area contributed by atoms with Gasteiger partial charge in [-0.05, 0) is 24.6 Å². The van der Waals surface area contributed by atoms with Crippen LogP contribution in [0.1, 0.15) is 18.2 Å². The Hall–Kier alpha value is -1.67. The Balaban J connectivity index is 2.49. The molecule has 2 rings (SSSR count). The van der Waals surface area contributed by atoms with Crippen molar-refractivity contribution in [2.45, 2.75) is 12.5 Å². The third-order valence-corrected chi connectivity index (χ3v) is 2.89. The van der Waals surface area contributed by atoms with Crippen LogP contribution in [-0.2, 0) is 10.3 Å². The summed E-state index contributed by atoms with van der Waals surface area (Å²) in [6, 6.07) is 16.0. The lowest BCUT2D eigenvalue weighted by Gasteiger charge is -2.28. The number of methoxy groups -OCH3 is 1. The van der Waals surface area contributed by atoms with Crippen molar-refractivity contribution in [1.29, 1.82) is 0 Å². The van der Waals surface area contributed by atoms with E-state index in [1.807, 2.05) is 43.3 Å². The van der Waals surface area contributed by atoms with Gasteiger partial charge in [0.15, 0.2) is 0 Å². The van der Waals surface area contributed by atoms with Crippen LogP contribution in [0.4, 0.5) is 0 Å². The third-order valence-electron chi connectivity index (χ3n) is 2.89. The van der Waals surface area contributed by atoms with Crippen LogP contribution in [-0.4, -0.2) is 12.1 Å². The minimum Gasteiger partial charge on any atom is -0.367 e. The van der Waals surface area contributed by atoms with Crippen molar-refractivity contribution in [3.8, 4) is 0 Å². The molecule has 0 saturated heterocycles. The zero-order valence-electron chi connectivity index (χ0n) is 9.55. The molecular formula is C14H15NO. The van der Waals surface area contributed by atoms with E-state index in [4.69, 9.17) is 4.74 Å². The first kappa shape index (κ1) is 10.8. The van der Waals surface area contributed by atoms with Crippen molar-refractivity contribution in [2.24, 2.45) is 0 Å². The molecule has 1 aromatic heterocycles. The van der Waals surface area contributed by atoms with E-state index in [-0.39, 0.29) is 0 Å². The number of aromatic nitrogens is 1. The molecule has 0 aliphatic heterocycles. The van der Waals surface area contributed by atoms with E-state index in [0.717, 1.165) is 11.3 Å². The molecule has 82 valence electrons. The first-order valence-corrected chi connectivity index (χ1v) is 5.29. The fourth-order valence-corrected chi connectivity index (χ4v) is 1.77. The van der Waals surface area contributed by atoms with Crippen LogP contribution in [0.5, 0.6) is 0 Å². The van der Waals surface area contributed by atoms with Crippen molar-refractivity contribution >= 4 is 0 Å². The molecule has 2 nitrogen and oxygen atoms in total. The van der Waals surface area contributed by atoms with Crippen molar-refractivity contribution in [1.82, 2.24) is 4.98 Å². The lowest BCUT2D eigenvalue weighted by Crippen LogP contribution is -2.26. The molecule has 16 heavy (non-hydrogen) atoms. The van der Waals surface area contributed by atoms with Gasteiger partial charge < -0.3 is 4.74 Å². The average Bonchev–Trinajstić information content (AvgIpc) is 2.40. The van der Waals surface area contributed by atoms with Crippen LogP contribution >= 0.6 is 0 Å². The molecule has 1 aromatic carbocycles. The minimum atomic E-state index is -0.484. The predicted molar refractivity (Wildman–Crippen MR) is 64.1 cm³/mol. The molecule has 0 spiro atoms. The fraction of sp³-hybridized carbons (Fsp3) is 0.214. The molecule has 0 bridgehead atoms. The lowest BCUT2D eigenvalue weighted by molar-refractivity contribution is 0.0354. The topological polar surface area (TPSA) is 22.1 Å². The predicted octanol–water partition coefficient (Wildman–Crippen LogP) is 2.99. The summed E-state index contributed by atoms with van der Waals surface area (Å²) in [6.45, 7) is 2.03. The lowest BCUT2D eigenvalue weighted by atomic mass is 9.92. The van der Waals surface area contributed by atoms with Gasteiger partial charge in [-0.25, -0.2) is 0 Å². The smallest absolute Gasteiger partial charge is 0.132 e. The van der Waals surface area contributed by atoms with Gasteiger partial charge in [0.2, 0.25) is 0 Å². The number of ether oxygens (including phenoxy) is 1. The number of nitrogens with zero attached hydrogens (tertiary/aromatic N) is 1. The summed E-state index contributed by atoms with van der Waals surface area (Å²) in [5.41, 5.74) is 1.54. The minimum absolute atomic E-state index is 0.484. The summed E-state index contributed by atoms with van der Waals surface area (Å²) >= 11 is 0. The highest BCUT2D eigenvalue weighted by molar-refractivity contribution is 5.31. The summed E-state index contributed by atoms with van der Waals surface area (Å²) in [4.78, 5) is 4.37. The molecule has 0 aliphatic rings. The van der Waals surface area contributed by atoms with Crippen LogP contribution in [0.3, 0.4) is 0 Å². The highest BCUT2D eigenvalue weighted by atomic mass is 16.5. The number of benzene rings is 1. The Kier molecular flexibility index (Phi) is 3.02. The summed E-state index contributed by atoms with van der Waals surface area (Å²) in [6.07, 6.45) is 1.79. The van der Waals surface area contributed by atoms with E-state index in [1.54, 1.807) is 13.3 Å². The van der Waals surface area contributed by atoms with E-state index in [0.29, 0.717) is 0 Å². The number of pyridine rings is 1. The van der Waals surface area contributed by atoms with Crippen LogP contribution in [0.25, 0.3) is 0 Å². The second-order valence-corrected chi connectivity index (χ2v) is 3.82. The van der Waals surface area contributed by atoms with E-state index in [2.05, 4.69) is 17.1 Å². The molecule has 0 radical (unpaired) electrons. The Morgan fingerprint density at radius 3 is 2.25 bits per heavy atom. The Bertz CT molecular complexity index is 399.